The Morgan fingerprint density at radius 2 is 1.91 bits per heavy atom. The van der Waals surface area contributed by atoms with Crippen LogP contribution in [0.25, 0.3) is 10.9 Å². The number of hydrogen-bond donors (Lipinski definition) is 2. The topological polar surface area (TPSA) is 75.2 Å². The molecule has 1 aliphatic rings. The molecule has 0 atom stereocenters. The summed E-state index contributed by atoms with van der Waals surface area (Å²) in [5.74, 6) is -0.168. The summed E-state index contributed by atoms with van der Waals surface area (Å²) in [7, 11) is 0. The molecule has 1 aliphatic heterocycles. The highest BCUT2D eigenvalue weighted by Gasteiger charge is 2.14. The van der Waals surface area contributed by atoms with Gasteiger partial charge in [-0.15, -0.1) is 12.4 Å². The number of nitrogens with zero attached hydrogens (tertiary/aromatic N) is 3. The number of aromatic amines is 1. The number of carbonyl (C=O) groups is 1. The summed E-state index contributed by atoms with van der Waals surface area (Å²) >= 11 is 0. The fraction of sp³-hybridized carbons (Fsp3) is 0.250. The van der Waals surface area contributed by atoms with Crippen LogP contribution in [0, 0.1) is 0 Å². The summed E-state index contributed by atoms with van der Waals surface area (Å²) < 4.78 is 7.21. The maximum Gasteiger partial charge on any atom is 0.258 e. The number of halogens is 1. The first-order valence-corrected chi connectivity index (χ1v) is 10.5. The second-order valence-electron chi connectivity index (χ2n) is 7.83. The van der Waals surface area contributed by atoms with Crippen molar-refractivity contribution in [1.29, 1.82) is 0 Å². The Labute approximate surface area is 192 Å². The lowest BCUT2D eigenvalue weighted by atomic mass is 10.1. The molecule has 32 heavy (non-hydrogen) atoms. The largest absolute Gasteiger partial charge is 0.379 e. The fourth-order valence-corrected chi connectivity index (χ4v) is 3.94. The number of nitrogens with one attached hydrogen (secondary N) is 2. The summed E-state index contributed by atoms with van der Waals surface area (Å²) in [4.78, 5) is 18.4. The second kappa shape index (κ2) is 9.99. The van der Waals surface area contributed by atoms with Crippen molar-refractivity contribution >= 4 is 34.9 Å². The van der Waals surface area contributed by atoms with Crippen LogP contribution in [-0.4, -0.2) is 51.9 Å². The van der Waals surface area contributed by atoms with Gasteiger partial charge in [0.1, 0.15) is 0 Å². The number of aromatic nitrogens is 3. The van der Waals surface area contributed by atoms with Crippen molar-refractivity contribution in [2.75, 3.05) is 31.6 Å². The monoisotopic (exact) mass is 451 g/mol. The smallest absolute Gasteiger partial charge is 0.258 e. The van der Waals surface area contributed by atoms with Gasteiger partial charge in [-0.3, -0.25) is 14.4 Å². The zero-order valence-corrected chi connectivity index (χ0v) is 18.5. The minimum atomic E-state index is -0.168. The van der Waals surface area contributed by atoms with Gasteiger partial charge in [0.2, 0.25) is 0 Å². The van der Waals surface area contributed by atoms with Crippen LogP contribution in [-0.2, 0) is 17.8 Å². The van der Waals surface area contributed by atoms with Crippen molar-refractivity contribution in [3.8, 4) is 0 Å². The number of benzene rings is 2. The van der Waals surface area contributed by atoms with Gasteiger partial charge in [-0.25, -0.2) is 0 Å². The van der Waals surface area contributed by atoms with Gasteiger partial charge in [0, 0.05) is 48.6 Å². The summed E-state index contributed by atoms with van der Waals surface area (Å²) in [5, 5.41) is 8.48. The predicted octanol–water partition coefficient (Wildman–Crippen LogP) is 3.92. The third-order valence-electron chi connectivity index (χ3n) is 5.61. The molecule has 0 bridgehead atoms. The average molecular weight is 452 g/mol. The third-order valence-corrected chi connectivity index (χ3v) is 5.61. The second-order valence-corrected chi connectivity index (χ2v) is 7.83. The van der Waals surface area contributed by atoms with E-state index in [0.29, 0.717) is 12.1 Å². The summed E-state index contributed by atoms with van der Waals surface area (Å²) in [6.07, 6.45) is 5.43. The molecule has 0 unspecified atom stereocenters. The molecule has 166 valence electrons. The molecule has 8 heteroatoms. The molecule has 2 aromatic heterocycles. The maximum absolute atomic E-state index is 12.7. The molecule has 0 saturated carbocycles. The van der Waals surface area contributed by atoms with Gasteiger partial charge in [0.05, 0.1) is 31.5 Å². The lowest BCUT2D eigenvalue weighted by molar-refractivity contribution is 0.0343. The number of ether oxygens (including phenoxy) is 1. The van der Waals surface area contributed by atoms with E-state index in [1.807, 2.05) is 42.5 Å². The normalized spacial score (nSPS) is 14.2. The lowest BCUT2D eigenvalue weighted by Crippen LogP contribution is -2.35. The molecule has 3 heterocycles. The number of carbonyl (C=O) groups excluding carboxylic acids is 1. The highest BCUT2D eigenvalue weighted by molar-refractivity contribution is 6.04. The zero-order chi connectivity index (χ0) is 21.0. The Morgan fingerprint density at radius 1 is 1.09 bits per heavy atom. The Kier molecular flexibility index (Phi) is 6.90. The van der Waals surface area contributed by atoms with E-state index < -0.39 is 0 Å². The third kappa shape index (κ3) is 5.02. The Hall–Kier alpha value is -3.13. The highest BCUT2D eigenvalue weighted by Crippen LogP contribution is 2.24. The van der Waals surface area contributed by atoms with Crippen molar-refractivity contribution in [3.63, 3.8) is 0 Å². The maximum atomic E-state index is 12.7. The minimum Gasteiger partial charge on any atom is -0.379 e. The van der Waals surface area contributed by atoms with Crippen molar-refractivity contribution in [2.24, 2.45) is 0 Å². The molecule has 0 radical (unpaired) electrons. The Morgan fingerprint density at radius 3 is 2.72 bits per heavy atom. The van der Waals surface area contributed by atoms with E-state index in [1.54, 1.807) is 17.1 Å². The van der Waals surface area contributed by atoms with Crippen LogP contribution in [0.5, 0.6) is 0 Å². The molecule has 5 rings (SSSR count). The van der Waals surface area contributed by atoms with Gasteiger partial charge < -0.3 is 15.0 Å². The van der Waals surface area contributed by atoms with Gasteiger partial charge >= 0.3 is 0 Å². The fourth-order valence-electron chi connectivity index (χ4n) is 3.94. The Balaban J connectivity index is 0.00000245. The van der Waals surface area contributed by atoms with Crippen LogP contribution in [0.15, 0.2) is 67.1 Å². The molecule has 1 fully saturated rings. The van der Waals surface area contributed by atoms with Crippen molar-refractivity contribution in [1.82, 2.24) is 19.7 Å². The molecule has 2 N–H and O–H groups in total. The van der Waals surface area contributed by atoms with Gasteiger partial charge in [-0.05, 0) is 23.3 Å². The van der Waals surface area contributed by atoms with Crippen LogP contribution in [0.4, 0.5) is 5.69 Å². The van der Waals surface area contributed by atoms with Gasteiger partial charge in [-0.1, -0.05) is 36.4 Å². The van der Waals surface area contributed by atoms with E-state index in [0.717, 1.165) is 49.6 Å². The number of H-pyrrole nitrogens is 1. The van der Waals surface area contributed by atoms with Gasteiger partial charge in [0.15, 0.2) is 0 Å². The van der Waals surface area contributed by atoms with E-state index in [2.05, 4.69) is 32.6 Å². The molecule has 1 saturated heterocycles. The zero-order valence-electron chi connectivity index (χ0n) is 17.7. The first-order chi connectivity index (χ1) is 15.2. The van der Waals surface area contributed by atoms with E-state index in [1.165, 1.54) is 10.9 Å². The first-order valence-electron chi connectivity index (χ1n) is 10.5. The number of hydrogen-bond acceptors (Lipinski definition) is 4. The average Bonchev–Trinajstić information content (AvgIpc) is 3.42. The standard InChI is InChI=1S/C24H25N5O2.ClH/c30-24(20-14-26-29(17-20)15-18-4-2-1-3-5-18)27-21-6-7-22-19(13-25-23(22)12-21)16-28-8-10-31-11-9-28;/h1-7,12-14,17,25H,8-11,15-16H2,(H,27,30);1H. The van der Waals surface area contributed by atoms with Gasteiger partial charge in [0.25, 0.3) is 5.91 Å². The van der Waals surface area contributed by atoms with Crippen LogP contribution in [0.1, 0.15) is 21.5 Å². The highest BCUT2D eigenvalue weighted by atomic mass is 35.5. The number of morpholine rings is 1. The van der Waals surface area contributed by atoms with E-state index >= 15 is 0 Å². The SMILES string of the molecule is Cl.O=C(Nc1ccc2c(CN3CCOCC3)c[nH]c2c1)c1cnn(Cc2ccccc2)c1. The number of amides is 1. The minimum absolute atomic E-state index is 0. The van der Waals surface area contributed by atoms with Crippen LogP contribution >= 0.6 is 12.4 Å². The van der Waals surface area contributed by atoms with E-state index in [-0.39, 0.29) is 18.3 Å². The van der Waals surface area contributed by atoms with E-state index in [4.69, 9.17) is 4.74 Å². The summed E-state index contributed by atoms with van der Waals surface area (Å²) in [5.41, 5.74) is 4.71. The molecule has 7 nitrogen and oxygen atoms in total. The molecule has 1 amide bonds. The van der Waals surface area contributed by atoms with E-state index in [9.17, 15) is 4.79 Å². The molecular formula is C24H26ClN5O2. The summed E-state index contributed by atoms with van der Waals surface area (Å²) in [6, 6.07) is 16.1. The molecular weight excluding hydrogens is 426 g/mol. The predicted molar refractivity (Wildman–Crippen MR) is 127 cm³/mol. The van der Waals surface area contributed by atoms with Crippen molar-refractivity contribution in [2.45, 2.75) is 13.1 Å². The first kappa shape index (κ1) is 22.1. The van der Waals surface area contributed by atoms with Crippen molar-refractivity contribution in [3.05, 3.63) is 83.8 Å². The Bertz CT molecular complexity index is 1180. The van der Waals surface area contributed by atoms with Crippen LogP contribution < -0.4 is 5.32 Å². The number of rotatable bonds is 6. The summed E-state index contributed by atoms with van der Waals surface area (Å²) in [6.45, 7) is 5.03. The molecule has 0 aliphatic carbocycles. The molecule has 0 spiro atoms. The number of anilines is 1. The lowest BCUT2D eigenvalue weighted by Gasteiger charge is -2.26. The van der Waals surface area contributed by atoms with Crippen LogP contribution in [0.2, 0.25) is 0 Å². The molecule has 4 aromatic rings. The number of fused-ring (bicyclic) bond motifs is 1. The molecule has 2 aromatic carbocycles. The quantitative estimate of drug-likeness (QED) is 0.466. The van der Waals surface area contributed by atoms with Gasteiger partial charge in [-0.2, -0.15) is 5.10 Å². The van der Waals surface area contributed by atoms with Crippen LogP contribution in [0.3, 0.4) is 0 Å². The van der Waals surface area contributed by atoms with Crippen molar-refractivity contribution < 1.29 is 9.53 Å².